The molecular weight excluding hydrogens is 214 g/mol. The third-order valence-electron chi connectivity index (χ3n) is 2.73. The molecule has 4 nitrogen and oxygen atoms in total. The van der Waals surface area contributed by atoms with E-state index in [1.54, 1.807) is 6.20 Å². The third-order valence-corrected chi connectivity index (χ3v) is 2.73. The van der Waals surface area contributed by atoms with Gasteiger partial charge in [-0.15, -0.1) is 0 Å². The number of hydrazine groups is 1. The van der Waals surface area contributed by atoms with E-state index in [2.05, 4.69) is 10.4 Å². The average Bonchev–Trinajstić information content (AvgIpc) is 2.40. The molecule has 1 unspecified atom stereocenters. The molecule has 3 N–H and O–H groups in total. The van der Waals surface area contributed by atoms with Crippen molar-refractivity contribution in [3.8, 4) is 0 Å². The minimum absolute atomic E-state index is 0.0338. The molecule has 4 heteroatoms. The minimum Gasteiger partial charge on any atom is -0.380 e. The Kier molecular flexibility index (Phi) is 4.03. The van der Waals surface area contributed by atoms with Gasteiger partial charge in [0.25, 0.3) is 0 Å². The number of nitrogens with two attached hydrogens (primary N) is 1. The van der Waals surface area contributed by atoms with E-state index in [1.165, 1.54) is 0 Å². The van der Waals surface area contributed by atoms with Gasteiger partial charge in [-0.05, 0) is 18.6 Å². The Morgan fingerprint density at radius 2 is 2.18 bits per heavy atom. The summed E-state index contributed by atoms with van der Waals surface area (Å²) in [7, 11) is 0. The average molecular weight is 231 g/mol. The highest BCUT2D eigenvalue weighted by molar-refractivity contribution is 5.81. The summed E-state index contributed by atoms with van der Waals surface area (Å²) in [5.41, 5.74) is 4.82. The number of ether oxygens (including phenoxy) is 1. The predicted octanol–water partition coefficient (Wildman–Crippen LogP) is 1.78. The molecule has 2 aromatic rings. The fourth-order valence-electron chi connectivity index (χ4n) is 1.87. The van der Waals surface area contributed by atoms with Crippen molar-refractivity contribution in [2.45, 2.75) is 13.0 Å². The van der Waals surface area contributed by atoms with Crippen LogP contribution in [0.1, 0.15) is 18.5 Å². The fourth-order valence-corrected chi connectivity index (χ4v) is 1.87. The zero-order valence-corrected chi connectivity index (χ0v) is 9.89. The summed E-state index contributed by atoms with van der Waals surface area (Å²) >= 11 is 0. The Bertz CT molecular complexity index is 482. The second kappa shape index (κ2) is 5.72. The summed E-state index contributed by atoms with van der Waals surface area (Å²) in [6.07, 6.45) is 1.79. The molecule has 0 saturated heterocycles. The largest absolute Gasteiger partial charge is 0.380 e. The number of fused-ring (bicyclic) bond motifs is 1. The monoisotopic (exact) mass is 231 g/mol. The molecule has 0 saturated carbocycles. The van der Waals surface area contributed by atoms with Gasteiger partial charge in [-0.25, -0.2) is 0 Å². The normalized spacial score (nSPS) is 12.8. The third kappa shape index (κ3) is 2.61. The van der Waals surface area contributed by atoms with Crippen LogP contribution in [-0.2, 0) is 4.74 Å². The SMILES string of the molecule is CCOCC(NN)c1cccc2cccnc12. The van der Waals surface area contributed by atoms with Crippen molar-refractivity contribution >= 4 is 10.9 Å². The van der Waals surface area contributed by atoms with Gasteiger partial charge in [0, 0.05) is 18.2 Å². The van der Waals surface area contributed by atoms with Gasteiger partial charge < -0.3 is 4.74 Å². The van der Waals surface area contributed by atoms with Crippen molar-refractivity contribution in [1.82, 2.24) is 10.4 Å². The van der Waals surface area contributed by atoms with E-state index in [4.69, 9.17) is 10.6 Å². The van der Waals surface area contributed by atoms with E-state index in [9.17, 15) is 0 Å². The van der Waals surface area contributed by atoms with Crippen LogP contribution in [0.5, 0.6) is 0 Å². The Morgan fingerprint density at radius 3 is 2.94 bits per heavy atom. The first-order valence-corrected chi connectivity index (χ1v) is 5.74. The second-order valence-electron chi connectivity index (χ2n) is 3.80. The van der Waals surface area contributed by atoms with Gasteiger partial charge in [0.1, 0.15) is 0 Å². The lowest BCUT2D eigenvalue weighted by Gasteiger charge is -2.17. The van der Waals surface area contributed by atoms with Crippen LogP contribution in [0, 0.1) is 0 Å². The van der Waals surface area contributed by atoms with Crippen molar-refractivity contribution < 1.29 is 4.74 Å². The summed E-state index contributed by atoms with van der Waals surface area (Å²) in [4.78, 5) is 4.41. The number of benzene rings is 1. The number of aromatic nitrogens is 1. The van der Waals surface area contributed by atoms with Crippen LogP contribution in [0.25, 0.3) is 10.9 Å². The number of rotatable bonds is 5. The van der Waals surface area contributed by atoms with E-state index in [0.717, 1.165) is 16.5 Å². The van der Waals surface area contributed by atoms with Gasteiger partial charge in [-0.3, -0.25) is 16.3 Å². The zero-order valence-electron chi connectivity index (χ0n) is 9.89. The Hall–Kier alpha value is -1.49. The smallest absolute Gasteiger partial charge is 0.0751 e. The van der Waals surface area contributed by atoms with Crippen molar-refractivity contribution in [2.75, 3.05) is 13.2 Å². The summed E-state index contributed by atoms with van der Waals surface area (Å²) in [6.45, 7) is 3.19. The van der Waals surface area contributed by atoms with Crippen LogP contribution in [0.15, 0.2) is 36.5 Å². The van der Waals surface area contributed by atoms with Crippen LogP contribution in [-0.4, -0.2) is 18.2 Å². The number of hydrogen-bond acceptors (Lipinski definition) is 4. The first-order valence-electron chi connectivity index (χ1n) is 5.74. The number of hydrogen-bond donors (Lipinski definition) is 2. The quantitative estimate of drug-likeness (QED) is 0.608. The Labute approximate surface area is 101 Å². The lowest BCUT2D eigenvalue weighted by molar-refractivity contribution is 0.123. The van der Waals surface area contributed by atoms with Gasteiger partial charge in [0.05, 0.1) is 18.2 Å². The predicted molar refractivity (Wildman–Crippen MR) is 68.3 cm³/mol. The maximum Gasteiger partial charge on any atom is 0.0751 e. The molecule has 0 fully saturated rings. The first kappa shape index (κ1) is 12.0. The lowest BCUT2D eigenvalue weighted by atomic mass is 10.0. The van der Waals surface area contributed by atoms with Crippen molar-refractivity contribution in [2.24, 2.45) is 5.84 Å². The molecule has 0 aliphatic heterocycles. The van der Waals surface area contributed by atoms with Crippen LogP contribution in [0.2, 0.25) is 0 Å². The number of para-hydroxylation sites is 1. The number of nitrogens with zero attached hydrogens (tertiary/aromatic N) is 1. The molecule has 2 rings (SSSR count). The number of nitrogens with one attached hydrogen (secondary N) is 1. The highest BCUT2D eigenvalue weighted by Crippen LogP contribution is 2.22. The Balaban J connectivity index is 2.38. The summed E-state index contributed by atoms with van der Waals surface area (Å²) in [5.74, 6) is 5.58. The highest BCUT2D eigenvalue weighted by atomic mass is 16.5. The fraction of sp³-hybridized carbons (Fsp3) is 0.308. The van der Waals surface area contributed by atoms with Crippen molar-refractivity contribution in [3.63, 3.8) is 0 Å². The van der Waals surface area contributed by atoms with E-state index in [1.807, 2.05) is 37.3 Å². The van der Waals surface area contributed by atoms with Crippen LogP contribution in [0.3, 0.4) is 0 Å². The highest BCUT2D eigenvalue weighted by Gasteiger charge is 2.13. The van der Waals surface area contributed by atoms with Crippen LogP contribution >= 0.6 is 0 Å². The van der Waals surface area contributed by atoms with Crippen molar-refractivity contribution in [1.29, 1.82) is 0 Å². The Morgan fingerprint density at radius 1 is 1.35 bits per heavy atom. The first-order chi connectivity index (χ1) is 8.36. The van der Waals surface area contributed by atoms with Crippen molar-refractivity contribution in [3.05, 3.63) is 42.1 Å². The molecule has 1 aromatic heterocycles. The standard InChI is InChI=1S/C13H17N3O/c1-2-17-9-12(16-14)11-7-3-5-10-6-4-8-15-13(10)11/h3-8,12,16H,2,9,14H2,1H3. The molecule has 0 spiro atoms. The lowest BCUT2D eigenvalue weighted by Crippen LogP contribution is -2.31. The van der Waals surface area contributed by atoms with Gasteiger partial charge >= 0.3 is 0 Å². The van der Waals surface area contributed by atoms with E-state index >= 15 is 0 Å². The molecule has 0 bridgehead atoms. The molecule has 1 aromatic carbocycles. The molecule has 1 heterocycles. The zero-order chi connectivity index (χ0) is 12.1. The summed E-state index contributed by atoms with van der Waals surface area (Å²) < 4.78 is 5.42. The maximum absolute atomic E-state index is 5.58. The molecule has 90 valence electrons. The van der Waals surface area contributed by atoms with E-state index in [-0.39, 0.29) is 6.04 Å². The van der Waals surface area contributed by atoms with Gasteiger partial charge in [0.15, 0.2) is 0 Å². The minimum atomic E-state index is -0.0338. The van der Waals surface area contributed by atoms with Gasteiger partial charge in [0.2, 0.25) is 0 Å². The second-order valence-corrected chi connectivity index (χ2v) is 3.80. The summed E-state index contributed by atoms with van der Waals surface area (Å²) in [5, 5.41) is 1.11. The van der Waals surface area contributed by atoms with Crippen LogP contribution < -0.4 is 11.3 Å². The molecule has 0 aliphatic carbocycles. The van der Waals surface area contributed by atoms with E-state index in [0.29, 0.717) is 13.2 Å². The molecule has 0 radical (unpaired) electrons. The number of pyridine rings is 1. The molecular formula is C13H17N3O. The van der Waals surface area contributed by atoms with Gasteiger partial charge in [-0.2, -0.15) is 0 Å². The van der Waals surface area contributed by atoms with Crippen LogP contribution in [0.4, 0.5) is 0 Å². The van der Waals surface area contributed by atoms with E-state index < -0.39 is 0 Å². The molecule has 0 aliphatic rings. The maximum atomic E-state index is 5.58. The molecule has 0 amide bonds. The topological polar surface area (TPSA) is 60.2 Å². The molecule has 1 atom stereocenters. The van der Waals surface area contributed by atoms with Gasteiger partial charge in [-0.1, -0.05) is 24.3 Å². The molecule has 17 heavy (non-hydrogen) atoms. The summed E-state index contributed by atoms with van der Waals surface area (Å²) in [6, 6.07) is 10.0.